The number of hydrogen-bond acceptors (Lipinski definition) is 5. The molecule has 0 bridgehead atoms. The second-order valence-electron chi connectivity index (χ2n) is 3.63. The lowest BCUT2D eigenvalue weighted by Gasteiger charge is -2.07. The summed E-state index contributed by atoms with van der Waals surface area (Å²) < 4.78 is 11.9. The first-order chi connectivity index (χ1) is 8.33. The van der Waals surface area contributed by atoms with E-state index in [0.29, 0.717) is 17.2 Å². The average Bonchev–Trinajstić information content (AvgIpc) is 2.64. The largest absolute Gasteiger partial charge is 0.490 e. The molecular weight excluding hydrogens is 256 g/mol. The summed E-state index contributed by atoms with van der Waals surface area (Å²) in [4.78, 5) is 0. The summed E-state index contributed by atoms with van der Waals surface area (Å²) in [5.74, 6) is 1.58. The molecule has 2 heterocycles. The molecule has 17 heavy (non-hydrogen) atoms. The standard InChI is InChI=1S/C11H10N2O2S2/c16-11-13-12-10(17-11)7-2-3-8-9(6-7)15-5-1-4-14-8/h2-3,6H,1,4-5H2,(H,13,16). The molecule has 0 saturated carbocycles. The highest BCUT2D eigenvalue weighted by Crippen LogP contribution is 2.34. The lowest BCUT2D eigenvalue weighted by molar-refractivity contribution is 0.297. The van der Waals surface area contributed by atoms with Crippen molar-refractivity contribution in [2.75, 3.05) is 13.2 Å². The maximum absolute atomic E-state index is 5.63. The maximum atomic E-state index is 5.63. The van der Waals surface area contributed by atoms with Crippen LogP contribution in [0.25, 0.3) is 10.6 Å². The molecule has 1 aliphatic rings. The fraction of sp³-hybridized carbons (Fsp3) is 0.273. The summed E-state index contributed by atoms with van der Waals surface area (Å²) in [6.45, 7) is 1.39. The molecule has 0 fully saturated rings. The van der Waals surface area contributed by atoms with Gasteiger partial charge in [0, 0.05) is 12.0 Å². The summed E-state index contributed by atoms with van der Waals surface area (Å²) in [5, 5.41) is 7.79. The summed E-state index contributed by atoms with van der Waals surface area (Å²) >= 11 is 6.47. The molecular formula is C11H10N2O2S2. The summed E-state index contributed by atoms with van der Waals surface area (Å²) in [7, 11) is 0. The van der Waals surface area contributed by atoms with Crippen LogP contribution in [-0.2, 0) is 0 Å². The fourth-order valence-electron chi connectivity index (χ4n) is 1.65. The van der Waals surface area contributed by atoms with Gasteiger partial charge in [-0.3, -0.25) is 5.10 Å². The Hall–Kier alpha value is -1.40. The first-order valence-corrected chi connectivity index (χ1v) is 6.51. The van der Waals surface area contributed by atoms with Crippen molar-refractivity contribution < 1.29 is 9.47 Å². The van der Waals surface area contributed by atoms with Crippen LogP contribution in [0.3, 0.4) is 0 Å². The van der Waals surface area contributed by atoms with Gasteiger partial charge in [-0.1, -0.05) is 11.3 Å². The van der Waals surface area contributed by atoms with Crippen molar-refractivity contribution in [3.63, 3.8) is 0 Å². The topological polar surface area (TPSA) is 47.1 Å². The molecule has 2 aromatic rings. The zero-order chi connectivity index (χ0) is 11.7. The molecule has 0 radical (unpaired) electrons. The quantitative estimate of drug-likeness (QED) is 0.806. The minimum absolute atomic E-state index is 0.673. The lowest BCUT2D eigenvalue weighted by Crippen LogP contribution is -1.97. The Kier molecular flexibility index (Phi) is 2.82. The average molecular weight is 266 g/mol. The molecule has 88 valence electrons. The molecule has 0 unspecified atom stereocenters. The summed E-state index contributed by atoms with van der Waals surface area (Å²) in [6.07, 6.45) is 0.908. The van der Waals surface area contributed by atoms with Crippen molar-refractivity contribution >= 4 is 23.6 Å². The van der Waals surface area contributed by atoms with Crippen LogP contribution in [0.2, 0.25) is 0 Å². The highest BCUT2D eigenvalue weighted by molar-refractivity contribution is 7.73. The number of rotatable bonds is 1. The molecule has 0 amide bonds. The van der Waals surface area contributed by atoms with E-state index in [9.17, 15) is 0 Å². The van der Waals surface area contributed by atoms with Gasteiger partial charge >= 0.3 is 0 Å². The smallest absolute Gasteiger partial charge is 0.176 e. The molecule has 1 aromatic carbocycles. The van der Waals surface area contributed by atoms with Gasteiger partial charge in [0.1, 0.15) is 5.01 Å². The number of benzene rings is 1. The van der Waals surface area contributed by atoms with Crippen molar-refractivity contribution in [1.29, 1.82) is 0 Å². The molecule has 1 aromatic heterocycles. The number of aromatic nitrogens is 2. The van der Waals surface area contributed by atoms with Crippen LogP contribution in [-0.4, -0.2) is 23.4 Å². The normalized spacial score (nSPS) is 14.4. The van der Waals surface area contributed by atoms with Crippen LogP contribution < -0.4 is 9.47 Å². The number of nitrogens with one attached hydrogen (secondary N) is 1. The number of fused-ring (bicyclic) bond motifs is 1. The molecule has 0 aliphatic carbocycles. The van der Waals surface area contributed by atoms with Crippen LogP contribution in [0.5, 0.6) is 11.5 Å². The SMILES string of the molecule is S=c1[nH]nc(-c2ccc3c(c2)OCCCO3)s1. The van der Waals surface area contributed by atoms with Gasteiger partial charge in [0.2, 0.25) is 0 Å². The Morgan fingerprint density at radius 2 is 2.06 bits per heavy atom. The Morgan fingerprint density at radius 3 is 2.82 bits per heavy atom. The zero-order valence-corrected chi connectivity index (χ0v) is 10.6. The highest BCUT2D eigenvalue weighted by Gasteiger charge is 2.12. The number of hydrogen-bond donors (Lipinski definition) is 1. The second kappa shape index (κ2) is 4.46. The van der Waals surface area contributed by atoms with Gasteiger partial charge in [-0.25, -0.2) is 0 Å². The Morgan fingerprint density at radius 1 is 1.24 bits per heavy atom. The maximum Gasteiger partial charge on any atom is 0.176 e. The van der Waals surface area contributed by atoms with E-state index in [1.165, 1.54) is 11.3 Å². The number of H-pyrrole nitrogens is 1. The Balaban J connectivity index is 2.02. The first kappa shape index (κ1) is 10.7. The summed E-state index contributed by atoms with van der Waals surface area (Å²) in [5.41, 5.74) is 0.992. The van der Waals surface area contributed by atoms with Gasteiger partial charge in [0.15, 0.2) is 15.5 Å². The minimum atomic E-state index is 0.673. The van der Waals surface area contributed by atoms with Crippen LogP contribution in [0.15, 0.2) is 18.2 Å². The molecule has 1 N–H and O–H groups in total. The van der Waals surface area contributed by atoms with Gasteiger partial charge in [-0.05, 0) is 30.4 Å². The van der Waals surface area contributed by atoms with E-state index in [-0.39, 0.29) is 0 Å². The van der Waals surface area contributed by atoms with E-state index in [2.05, 4.69) is 10.2 Å². The van der Waals surface area contributed by atoms with Crippen LogP contribution in [0.1, 0.15) is 6.42 Å². The number of ether oxygens (including phenoxy) is 2. The number of aromatic amines is 1. The lowest BCUT2D eigenvalue weighted by atomic mass is 10.2. The third kappa shape index (κ3) is 2.18. The second-order valence-corrected chi connectivity index (χ2v) is 5.30. The highest BCUT2D eigenvalue weighted by atomic mass is 32.1. The van der Waals surface area contributed by atoms with E-state index >= 15 is 0 Å². The molecule has 0 atom stereocenters. The van der Waals surface area contributed by atoms with Crippen molar-refractivity contribution in [3.05, 3.63) is 22.2 Å². The van der Waals surface area contributed by atoms with Gasteiger partial charge in [0.25, 0.3) is 0 Å². The van der Waals surface area contributed by atoms with E-state index in [0.717, 1.165) is 28.5 Å². The van der Waals surface area contributed by atoms with Crippen molar-refractivity contribution in [2.45, 2.75) is 6.42 Å². The zero-order valence-electron chi connectivity index (χ0n) is 8.93. The van der Waals surface area contributed by atoms with Gasteiger partial charge in [0.05, 0.1) is 13.2 Å². The fourth-order valence-corrected chi connectivity index (χ4v) is 2.54. The number of nitrogens with zero attached hydrogens (tertiary/aromatic N) is 1. The van der Waals surface area contributed by atoms with E-state index in [1.807, 2.05) is 18.2 Å². The predicted molar refractivity (Wildman–Crippen MR) is 68.3 cm³/mol. The Bertz CT molecular complexity index is 591. The van der Waals surface area contributed by atoms with Crippen molar-refractivity contribution in [3.8, 4) is 22.1 Å². The molecule has 4 nitrogen and oxygen atoms in total. The van der Waals surface area contributed by atoms with Gasteiger partial charge < -0.3 is 9.47 Å². The van der Waals surface area contributed by atoms with E-state index in [1.54, 1.807) is 0 Å². The predicted octanol–water partition coefficient (Wildman–Crippen LogP) is 3.03. The molecule has 0 spiro atoms. The molecule has 6 heteroatoms. The third-order valence-electron chi connectivity index (χ3n) is 2.43. The monoisotopic (exact) mass is 266 g/mol. The van der Waals surface area contributed by atoms with Crippen molar-refractivity contribution in [1.82, 2.24) is 10.2 Å². The van der Waals surface area contributed by atoms with E-state index < -0.39 is 0 Å². The molecule has 3 rings (SSSR count). The van der Waals surface area contributed by atoms with Gasteiger partial charge in [-0.2, -0.15) is 5.10 Å². The third-order valence-corrected chi connectivity index (χ3v) is 3.57. The van der Waals surface area contributed by atoms with Crippen LogP contribution in [0.4, 0.5) is 0 Å². The Labute approximate surface area is 107 Å². The molecule has 0 saturated heterocycles. The molecule has 1 aliphatic heterocycles. The van der Waals surface area contributed by atoms with Crippen LogP contribution >= 0.6 is 23.6 Å². The van der Waals surface area contributed by atoms with E-state index in [4.69, 9.17) is 21.7 Å². The van der Waals surface area contributed by atoms with Gasteiger partial charge in [-0.15, -0.1) is 0 Å². The summed E-state index contributed by atoms with van der Waals surface area (Å²) in [6, 6.07) is 5.83. The first-order valence-electron chi connectivity index (χ1n) is 5.28. The minimum Gasteiger partial charge on any atom is -0.490 e. The van der Waals surface area contributed by atoms with Crippen molar-refractivity contribution in [2.24, 2.45) is 0 Å². The van der Waals surface area contributed by atoms with Crippen LogP contribution in [0, 0.1) is 3.95 Å².